The Morgan fingerprint density at radius 3 is 2.21 bits per heavy atom. The molecule has 1 atom stereocenters. The van der Waals surface area contributed by atoms with Crippen LogP contribution in [0.2, 0.25) is 5.02 Å². The highest BCUT2D eigenvalue weighted by Gasteiger charge is 2.33. The van der Waals surface area contributed by atoms with Gasteiger partial charge in [0.1, 0.15) is 6.17 Å². The lowest BCUT2D eigenvalue weighted by atomic mass is 10.1. The van der Waals surface area contributed by atoms with Crippen molar-refractivity contribution in [1.29, 1.82) is 0 Å². The van der Waals surface area contributed by atoms with Gasteiger partial charge in [0.25, 0.3) is 5.91 Å². The lowest BCUT2D eigenvalue weighted by molar-refractivity contribution is 0.0930. The van der Waals surface area contributed by atoms with Gasteiger partial charge in [0.15, 0.2) is 0 Å². The van der Waals surface area contributed by atoms with Crippen molar-refractivity contribution in [2.24, 2.45) is 0 Å². The van der Waals surface area contributed by atoms with Crippen LogP contribution in [-0.4, -0.2) is 22.4 Å². The third-order valence-electron chi connectivity index (χ3n) is 3.31. The molecular weight excluding hydrogens is 390 g/mol. The van der Waals surface area contributed by atoms with Gasteiger partial charge in [-0.1, -0.05) is 76.7 Å². The quantitative estimate of drug-likeness (QED) is 0.544. The largest absolute Gasteiger partial charge is 0.333 e. The highest BCUT2D eigenvalue weighted by Crippen LogP contribution is 2.29. The number of carbonyl (C=O) groups excluding carboxylic acids is 1. The summed E-state index contributed by atoms with van der Waals surface area (Å²) in [6, 6.07) is 16.4. The first kappa shape index (κ1) is 19.4. The zero-order valence-electron chi connectivity index (χ0n) is 12.6. The van der Waals surface area contributed by atoms with E-state index in [2.05, 4.69) is 10.6 Å². The van der Waals surface area contributed by atoms with Crippen molar-refractivity contribution in [1.82, 2.24) is 10.6 Å². The van der Waals surface area contributed by atoms with Crippen molar-refractivity contribution in [3.8, 4) is 0 Å². The number of rotatable bonds is 6. The first-order valence-corrected chi connectivity index (χ1v) is 8.78. The average molecular weight is 406 g/mol. The molecule has 0 spiro atoms. The van der Waals surface area contributed by atoms with E-state index in [0.717, 1.165) is 12.0 Å². The van der Waals surface area contributed by atoms with E-state index in [-0.39, 0.29) is 5.91 Å². The zero-order valence-corrected chi connectivity index (χ0v) is 15.6. The molecule has 0 fully saturated rings. The second kappa shape index (κ2) is 8.93. The molecule has 0 aliphatic carbocycles. The maximum absolute atomic E-state index is 12.3. The van der Waals surface area contributed by atoms with Gasteiger partial charge in [-0.05, 0) is 36.2 Å². The molecule has 1 amide bonds. The van der Waals surface area contributed by atoms with E-state index in [0.29, 0.717) is 17.1 Å². The summed E-state index contributed by atoms with van der Waals surface area (Å²) >= 11 is 23.7. The van der Waals surface area contributed by atoms with E-state index >= 15 is 0 Å². The van der Waals surface area contributed by atoms with Gasteiger partial charge >= 0.3 is 0 Å². The fraction of sp³-hybridized carbons (Fsp3) is 0.235. The smallest absolute Gasteiger partial charge is 0.252 e. The van der Waals surface area contributed by atoms with Gasteiger partial charge in [0.2, 0.25) is 3.79 Å². The molecule has 2 aromatic rings. The predicted molar refractivity (Wildman–Crippen MR) is 101 cm³/mol. The SMILES string of the molecule is O=C(NC(NCCc1ccccc1)C(Cl)(Cl)Cl)c1ccc(Cl)cc1. The number of hydrogen-bond donors (Lipinski definition) is 2. The summed E-state index contributed by atoms with van der Waals surface area (Å²) < 4.78 is -1.68. The molecule has 0 saturated heterocycles. The molecule has 0 heterocycles. The molecule has 0 aliphatic heterocycles. The molecule has 128 valence electrons. The Morgan fingerprint density at radius 2 is 1.62 bits per heavy atom. The molecule has 1 unspecified atom stereocenters. The minimum Gasteiger partial charge on any atom is -0.333 e. The molecule has 0 bridgehead atoms. The fourth-order valence-corrected chi connectivity index (χ4v) is 2.59. The molecule has 2 rings (SSSR count). The second-order valence-corrected chi connectivity index (χ2v) is 7.95. The summed E-state index contributed by atoms with van der Waals surface area (Å²) in [4.78, 5) is 12.3. The monoisotopic (exact) mass is 404 g/mol. The second-order valence-electron chi connectivity index (χ2n) is 5.14. The van der Waals surface area contributed by atoms with Crippen LogP contribution in [0, 0.1) is 0 Å². The van der Waals surface area contributed by atoms with E-state index in [1.165, 1.54) is 0 Å². The molecule has 0 aliphatic rings. The highest BCUT2D eigenvalue weighted by molar-refractivity contribution is 6.68. The van der Waals surface area contributed by atoms with E-state index in [9.17, 15) is 4.79 Å². The number of hydrogen-bond acceptors (Lipinski definition) is 2. The van der Waals surface area contributed by atoms with Crippen LogP contribution >= 0.6 is 46.4 Å². The molecule has 24 heavy (non-hydrogen) atoms. The Hall–Kier alpha value is -0.970. The number of carbonyl (C=O) groups is 1. The van der Waals surface area contributed by atoms with E-state index in [4.69, 9.17) is 46.4 Å². The molecule has 2 aromatic carbocycles. The van der Waals surface area contributed by atoms with Crippen LogP contribution in [0.25, 0.3) is 0 Å². The van der Waals surface area contributed by atoms with E-state index < -0.39 is 9.96 Å². The van der Waals surface area contributed by atoms with Crippen LogP contribution < -0.4 is 10.6 Å². The predicted octanol–water partition coefficient (Wildman–Crippen LogP) is 4.60. The summed E-state index contributed by atoms with van der Waals surface area (Å²) in [5.41, 5.74) is 1.58. The van der Waals surface area contributed by atoms with Gasteiger partial charge in [-0.25, -0.2) is 0 Å². The Labute approximate surface area is 161 Å². The maximum Gasteiger partial charge on any atom is 0.252 e. The molecule has 3 nitrogen and oxygen atoms in total. The van der Waals surface area contributed by atoms with Crippen molar-refractivity contribution in [2.75, 3.05) is 6.54 Å². The Bertz CT molecular complexity index is 657. The molecule has 7 heteroatoms. The summed E-state index contributed by atoms with van der Waals surface area (Å²) in [6.45, 7) is 0.545. The van der Waals surface area contributed by atoms with Gasteiger partial charge in [0, 0.05) is 17.1 Å². The van der Waals surface area contributed by atoms with Crippen LogP contribution in [0.15, 0.2) is 54.6 Å². The topological polar surface area (TPSA) is 41.1 Å². The maximum atomic E-state index is 12.3. The number of amides is 1. The van der Waals surface area contributed by atoms with Crippen molar-refractivity contribution in [3.63, 3.8) is 0 Å². The van der Waals surface area contributed by atoms with Crippen LogP contribution in [0.1, 0.15) is 15.9 Å². The summed E-state index contributed by atoms with van der Waals surface area (Å²) in [7, 11) is 0. The van der Waals surface area contributed by atoms with Crippen LogP contribution in [-0.2, 0) is 6.42 Å². The van der Waals surface area contributed by atoms with Crippen LogP contribution in [0.5, 0.6) is 0 Å². The Kier molecular flexibility index (Phi) is 7.20. The van der Waals surface area contributed by atoms with Crippen LogP contribution in [0.3, 0.4) is 0 Å². The minimum absolute atomic E-state index is 0.352. The van der Waals surface area contributed by atoms with Gasteiger partial charge in [-0.3, -0.25) is 10.1 Å². The number of halogens is 4. The molecule has 2 N–H and O–H groups in total. The highest BCUT2D eigenvalue weighted by atomic mass is 35.6. The normalized spacial score (nSPS) is 12.7. The molecular formula is C17H16Cl4N2O. The lowest BCUT2D eigenvalue weighted by Crippen LogP contribution is -2.53. The molecule has 0 saturated carbocycles. The fourth-order valence-electron chi connectivity index (χ4n) is 2.07. The minimum atomic E-state index is -1.68. The first-order valence-electron chi connectivity index (χ1n) is 7.27. The van der Waals surface area contributed by atoms with Gasteiger partial charge in [-0.2, -0.15) is 0 Å². The third-order valence-corrected chi connectivity index (χ3v) is 4.22. The van der Waals surface area contributed by atoms with Crippen molar-refractivity contribution >= 4 is 52.3 Å². The third kappa shape index (κ3) is 6.15. The average Bonchev–Trinajstić information content (AvgIpc) is 2.54. The summed E-state index contributed by atoms with van der Waals surface area (Å²) in [5.74, 6) is -0.352. The molecule has 0 aromatic heterocycles. The standard InChI is InChI=1S/C17H16Cl4N2O/c18-14-8-6-13(7-9-14)15(24)23-16(17(19,20)21)22-11-10-12-4-2-1-3-5-12/h1-9,16,22H,10-11H2,(H,23,24). The number of alkyl halides is 3. The Morgan fingerprint density at radius 1 is 1.00 bits per heavy atom. The number of nitrogens with one attached hydrogen (secondary N) is 2. The van der Waals surface area contributed by atoms with Gasteiger partial charge < -0.3 is 5.32 Å². The van der Waals surface area contributed by atoms with Gasteiger partial charge in [0.05, 0.1) is 0 Å². The summed E-state index contributed by atoms with van der Waals surface area (Å²) in [6.07, 6.45) is -0.0797. The van der Waals surface area contributed by atoms with Crippen molar-refractivity contribution in [3.05, 3.63) is 70.7 Å². The van der Waals surface area contributed by atoms with Crippen molar-refractivity contribution in [2.45, 2.75) is 16.4 Å². The number of benzene rings is 2. The lowest BCUT2D eigenvalue weighted by Gasteiger charge is -2.26. The first-order chi connectivity index (χ1) is 11.4. The Balaban J connectivity index is 1.95. The van der Waals surface area contributed by atoms with Crippen molar-refractivity contribution < 1.29 is 4.79 Å². The zero-order chi connectivity index (χ0) is 17.6. The van der Waals surface area contributed by atoms with Gasteiger partial charge in [-0.15, -0.1) is 0 Å². The van der Waals surface area contributed by atoms with E-state index in [1.807, 2.05) is 30.3 Å². The summed E-state index contributed by atoms with van der Waals surface area (Å²) in [5, 5.41) is 6.30. The molecule has 0 radical (unpaired) electrons. The van der Waals surface area contributed by atoms with Crippen LogP contribution in [0.4, 0.5) is 0 Å². The van der Waals surface area contributed by atoms with E-state index in [1.54, 1.807) is 24.3 Å².